The third kappa shape index (κ3) is 2.14. The van der Waals surface area contributed by atoms with E-state index in [-0.39, 0.29) is 2.85 Å². The van der Waals surface area contributed by atoms with E-state index in [2.05, 4.69) is 10.5 Å². The van der Waals surface area contributed by atoms with Crippen LogP contribution < -0.4 is 11.1 Å². The molecule has 0 atom stereocenters. The van der Waals surface area contributed by atoms with Gasteiger partial charge in [0.1, 0.15) is 0 Å². The van der Waals surface area contributed by atoms with Crippen molar-refractivity contribution in [2.75, 3.05) is 5.32 Å². The fourth-order valence-corrected chi connectivity index (χ4v) is 1.20. The summed E-state index contributed by atoms with van der Waals surface area (Å²) in [6.07, 6.45) is 0. The lowest BCUT2D eigenvalue weighted by molar-refractivity contribution is 0.259. The van der Waals surface area contributed by atoms with Gasteiger partial charge >= 0.3 is 6.03 Å². The maximum absolute atomic E-state index is 10.5. The van der Waals surface area contributed by atoms with Crippen LogP contribution in [0.25, 0.3) is 11.3 Å². The minimum absolute atomic E-state index is 0. The molecule has 0 unspecified atom stereocenters. The standard InChI is InChI=1S/C10H9N3O2.2H2/c11-10(14)12-9-6-8(15-13-9)7-4-2-1-3-5-7;;/h1-6H,(H3,11,12,13,14);2*1H. The molecule has 0 fully saturated rings. The molecule has 2 aromatic rings. The SMILES string of the molecule is NC(=O)Nc1cc(-c2ccccc2)on1.[HH].[HH]. The fourth-order valence-electron chi connectivity index (χ4n) is 1.20. The molecule has 80 valence electrons. The van der Waals surface area contributed by atoms with Crippen LogP contribution >= 0.6 is 0 Å². The van der Waals surface area contributed by atoms with Gasteiger partial charge < -0.3 is 10.3 Å². The number of carbonyl (C=O) groups is 1. The molecule has 0 aliphatic heterocycles. The molecule has 5 nitrogen and oxygen atoms in total. The van der Waals surface area contributed by atoms with Gasteiger partial charge in [-0.2, -0.15) is 0 Å². The molecule has 1 aromatic carbocycles. The van der Waals surface area contributed by atoms with Crippen molar-refractivity contribution in [1.29, 1.82) is 0 Å². The molecule has 1 aromatic heterocycles. The predicted octanol–water partition coefficient (Wildman–Crippen LogP) is 2.32. The Kier molecular flexibility index (Phi) is 2.37. The minimum Gasteiger partial charge on any atom is -0.354 e. The summed E-state index contributed by atoms with van der Waals surface area (Å²) < 4.78 is 5.03. The first kappa shape index (κ1) is 9.26. The predicted molar refractivity (Wildman–Crippen MR) is 59.4 cm³/mol. The summed E-state index contributed by atoms with van der Waals surface area (Å²) in [7, 11) is 0. The number of hydrogen-bond donors (Lipinski definition) is 2. The maximum Gasteiger partial charge on any atom is 0.317 e. The summed E-state index contributed by atoms with van der Waals surface area (Å²) in [5.41, 5.74) is 5.83. The number of rotatable bonds is 2. The second kappa shape index (κ2) is 3.83. The molecule has 2 amide bonds. The average Bonchev–Trinajstić information content (AvgIpc) is 2.67. The number of aromatic nitrogens is 1. The van der Waals surface area contributed by atoms with Crippen molar-refractivity contribution >= 4 is 11.8 Å². The monoisotopic (exact) mass is 207 g/mol. The van der Waals surface area contributed by atoms with Crippen LogP contribution in [-0.4, -0.2) is 11.2 Å². The molecule has 0 saturated heterocycles. The molecular weight excluding hydrogens is 194 g/mol. The van der Waals surface area contributed by atoms with Gasteiger partial charge in [0.2, 0.25) is 0 Å². The van der Waals surface area contributed by atoms with E-state index in [1.807, 2.05) is 30.3 Å². The van der Waals surface area contributed by atoms with Gasteiger partial charge in [-0.3, -0.25) is 5.32 Å². The molecule has 1 heterocycles. The molecule has 3 N–H and O–H groups in total. The van der Waals surface area contributed by atoms with Crippen LogP contribution in [-0.2, 0) is 0 Å². The molecule has 2 rings (SSSR count). The van der Waals surface area contributed by atoms with Crippen LogP contribution in [0.2, 0.25) is 0 Å². The highest BCUT2D eigenvalue weighted by molar-refractivity contribution is 5.87. The van der Waals surface area contributed by atoms with E-state index in [9.17, 15) is 4.79 Å². The summed E-state index contributed by atoms with van der Waals surface area (Å²) >= 11 is 0. The van der Waals surface area contributed by atoms with Crippen molar-refractivity contribution < 1.29 is 12.2 Å². The Labute approximate surface area is 88.8 Å². The summed E-state index contributed by atoms with van der Waals surface area (Å²) in [4.78, 5) is 10.5. The van der Waals surface area contributed by atoms with Gasteiger partial charge in [0.05, 0.1) is 0 Å². The second-order valence-electron chi connectivity index (χ2n) is 2.93. The second-order valence-corrected chi connectivity index (χ2v) is 2.93. The van der Waals surface area contributed by atoms with Gasteiger partial charge in [0.15, 0.2) is 11.6 Å². The normalized spacial score (nSPS) is 9.87. The zero-order chi connectivity index (χ0) is 10.7. The number of benzene rings is 1. The topological polar surface area (TPSA) is 81.2 Å². The molecule has 0 spiro atoms. The molecule has 0 bridgehead atoms. The first-order chi connectivity index (χ1) is 7.25. The van der Waals surface area contributed by atoms with Crippen LogP contribution in [0, 0.1) is 0 Å². The van der Waals surface area contributed by atoms with E-state index in [0.717, 1.165) is 5.56 Å². The Bertz CT molecular complexity index is 473. The first-order valence-electron chi connectivity index (χ1n) is 4.34. The zero-order valence-electron chi connectivity index (χ0n) is 7.81. The molecule has 0 saturated carbocycles. The van der Waals surface area contributed by atoms with Crippen LogP contribution in [0.3, 0.4) is 0 Å². The third-order valence-electron chi connectivity index (χ3n) is 1.82. The zero-order valence-corrected chi connectivity index (χ0v) is 7.81. The summed E-state index contributed by atoms with van der Waals surface area (Å²) in [5.74, 6) is 0.890. The number of urea groups is 1. The van der Waals surface area contributed by atoms with Gasteiger partial charge in [-0.25, -0.2) is 4.79 Å². The lowest BCUT2D eigenvalue weighted by Gasteiger charge is -1.92. The molecule has 0 radical (unpaired) electrons. The van der Waals surface area contributed by atoms with E-state index >= 15 is 0 Å². The number of nitrogens with zero attached hydrogens (tertiary/aromatic N) is 1. The fraction of sp³-hybridized carbons (Fsp3) is 0. The van der Waals surface area contributed by atoms with Crippen molar-refractivity contribution in [2.45, 2.75) is 0 Å². The van der Waals surface area contributed by atoms with E-state index in [1.54, 1.807) is 6.07 Å². The van der Waals surface area contributed by atoms with Crippen molar-refractivity contribution in [3.05, 3.63) is 36.4 Å². The Morgan fingerprint density at radius 3 is 2.80 bits per heavy atom. The van der Waals surface area contributed by atoms with Gasteiger partial charge in [0, 0.05) is 14.5 Å². The highest BCUT2D eigenvalue weighted by atomic mass is 16.5. The van der Waals surface area contributed by atoms with E-state index in [0.29, 0.717) is 11.6 Å². The molecular formula is C10H13N3O2. The Morgan fingerprint density at radius 2 is 2.13 bits per heavy atom. The van der Waals surface area contributed by atoms with Crippen molar-refractivity contribution in [3.63, 3.8) is 0 Å². The molecule has 5 heteroatoms. The van der Waals surface area contributed by atoms with E-state index in [1.165, 1.54) is 0 Å². The maximum atomic E-state index is 10.5. The number of nitrogens with one attached hydrogen (secondary N) is 1. The van der Waals surface area contributed by atoms with E-state index < -0.39 is 6.03 Å². The van der Waals surface area contributed by atoms with E-state index in [4.69, 9.17) is 10.3 Å². The third-order valence-corrected chi connectivity index (χ3v) is 1.82. The largest absolute Gasteiger partial charge is 0.354 e. The summed E-state index contributed by atoms with van der Waals surface area (Å²) in [5, 5.41) is 5.97. The Hall–Kier alpha value is -2.30. The summed E-state index contributed by atoms with van der Waals surface area (Å²) in [6.45, 7) is 0. The highest BCUT2D eigenvalue weighted by Crippen LogP contribution is 2.21. The van der Waals surface area contributed by atoms with Crippen molar-refractivity contribution in [1.82, 2.24) is 5.16 Å². The van der Waals surface area contributed by atoms with Crippen LogP contribution in [0.1, 0.15) is 2.85 Å². The molecule has 15 heavy (non-hydrogen) atoms. The lowest BCUT2D eigenvalue weighted by atomic mass is 10.2. The van der Waals surface area contributed by atoms with Crippen molar-refractivity contribution in [2.24, 2.45) is 5.73 Å². The Morgan fingerprint density at radius 1 is 1.40 bits per heavy atom. The number of anilines is 1. The number of carbonyl (C=O) groups excluding carboxylic acids is 1. The van der Waals surface area contributed by atoms with Crippen LogP contribution in [0.5, 0.6) is 0 Å². The van der Waals surface area contributed by atoms with Crippen LogP contribution in [0.15, 0.2) is 40.9 Å². The highest BCUT2D eigenvalue weighted by Gasteiger charge is 2.06. The van der Waals surface area contributed by atoms with Gasteiger partial charge in [-0.05, 0) is 0 Å². The number of hydrogen-bond acceptors (Lipinski definition) is 3. The quantitative estimate of drug-likeness (QED) is 0.792. The first-order valence-corrected chi connectivity index (χ1v) is 4.34. The number of nitrogens with two attached hydrogens (primary N) is 1. The molecule has 0 aliphatic rings. The van der Waals surface area contributed by atoms with Gasteiger partial charge in [-0.1, -0.05) is 35.5 Å². The Balaban J connectivity index is 0.00000128. The number of amides is 2. The van der Waals surface area contributed by atoms with Crippen LogP contribution in [0.4, 0.5) is 10.6 Å². The average molecular weight is 207 g/mol. The lowest BCUT2D eigenvalue weighted by Crippen LogP contribution is -2.19. The molecule has 0 aliphatic carbocycles. The van der Waals surface area contributed by atoms with Gasteiger partial charge in [0.25, 0.3) is 0 Å². The summed E-state index contributed by atoms with van der Waals surface area (Å²) in [6, 6.07) is 10.4. The smallest absolute Gasteiger partial charge is 0.317 e. The minimum atomic E-state index is -0.664. The number of primary amides is 1. The van der Waals surface area contributed by atoms with Crippen molar-refractivity contribution in [3.8, 4) is 11.3 Å². The van der Waals surface area contributed by atoms with Gasteiger partial charge in [-0.15, -0.1) is 0 Å².